The topological polar surface area (TPSA) is 33.8 Å². The summed E-state index contributed by atoms with van der Waals surface area (Å²) in [5.41, 5.74) is -12.4. The van der Waals surface area contributed by atoms with Gasteiger partial charge in [0, 0.05) is 12.0 Å². The number of aryl methyl sites for hydroxylation is 1. The summed E-state index contributed by atoms with van der Waals surface area (Å²) < 4.78 is 296. The molecule has 0 unspecified atom stereocenters. The molecule has 68 heavy (non-hydrogen) atoms. The highest BCUT2D eigenvalue weighted by Crippen LogP contribution is 2.31. The van der Waals surface area contributed by atoms with Crippen LogP contribution in [0.4, 0.5) is 87.8 Å². The molecule has 0 aliphatic heterocycles. The number of rotatable bonds is 14. The van der Waals surface area contributed by atoms with E-state index in [1.807, 2.05) is 47.3 Å². The van der Waals surface area contributed by atoms with Crippen molar-refractivity contribution in [2.75, 3.05) is 0 Å². The van der Waals surface area contributed by atoms with Crippen LogP contribution in [0.1, 0.15) is 61.5 Å². The minimum atomic E-state index is -7.22. The number of carbonyl (C=O) groups is 1. The van der Waals surface area contributed by atoms with Gasteiger partial charge < -0.3 is 0 Å². The Morgan fingerprint density at radius 2 is 0.750 bits per heavy atom. The van der Waals surface area contributed by atoms with E-state index < -0.39 is 144 Å². The van der Waals surface area contributed by atoms with Crippen LogP contribution in [0, 0.1) is 116 Å². The van der Waals surface area contributed by atoms with E-state index in [0.29, 0.717) is 6.54 Å². The van der Waals surface area contributed by atoms with E-state index in [9.17, 15) is 57.5 Å². The zero-order valence-electron chi connectivity index (χ0n) is 34.2. The Bertz CT molecular complexity index is 2520. The summed E-state index contributed by atoms with van der Waals surface area (Å²) in [6, 6.07) is 9.48. The highest BCUT2D eigenvalue weighted by atomic mass is 19.2. The van der Waals surface area contributed by atoms with Crippen LogP contribution in [0.3, 0.4) is 0 Å². The van der Waals surface area contributed by atoms with Crippen molar-refractivity contribution in [2.45, 2.75) is 58.4 Å². The average molecular weight is 990 g/mol. The smallest absolute Gasteiger partial charge is 0.227 e. The summed E-state index contributed by atoms with van der Waals surface area (Å²) in [4.78, 5) is 16.6. The summed E-state index contributed by atoms with van der Waals surface area (Å²) in [5, 5.41) is 0. The van der Waals surface area contributed by atoms with Gasteiger partial charge in [-0.2, -0.15) is 4.57 Å². The van der Waals surface area contributed by atoms with Gasteiger partial charge in [0.25, 0.3) is 0 Å². The molecule has 5 aromatic carbocycles. The van der Waals surface area contributed by atoms with E-state index in [1.54, 1.807) is 6.20 Å². The van der Waals surface area contributed by atoms with Crippen molar-refractivity contribution < 1.29 is 97.2 Å². The molecular formula is C44H27BF20N2O. The van der Waals surface area contributed by atoms with Crippen LogP contribution in [-0.4, -0.2) is 16.9 Å². The molecule has 24 heteroatoms. The van der Waals surface area contributed by atoms with Gasteiger partial charge in [0.05, 0.1) is 12.4 Å². The van der Waals surface area contributed by atoms with E-state index in [-0.39, 0.29) is 5.78 Å². The molecule has 0 spiro atoms. The fraction of sp³-hybridized carbons (Fsp3) is 0.205. The monoisotopic (exact) mass is 990 g/mol. The van der Waals surface area contributed by atoms with E-state index in [0.717, 1.165) is 24.1 Å². The number of unbranched alkanes of at least 4 members (excludes halogenated alkanes) is 5. The fourth-order valence-corrected chi connectivity index (χ4v) is 7.61. The zero-order chi connectivity index (χ0) is 50.7. The molecule has 0 radical (unpaired) electrons. The van der Waals surface area contributed by atoms with Gasteiger partial charge in [-0.05, 0) is 6.42 Å². The second-order valence-corrected chi connectivity index (χ2v) is 14.8. The Labute approximate surface area is 370 Å². The standard InChI is InChI=1S/C24BF20.C20H27N2O/c26-5-1(6(27)14(35)21(42)13(5)34)25(2-7(28)15(36)22(43)16(37)8(2)29,3-9(30)17(38)23(44)18(39)10(3)31)4-11(32)19(40)24(45)20(41)12(4)33;1-2-3-4-5-6-10-13-19-16-21-14-15-22(19)17-20(23)18-11-8-7-9-12-18/h;7-9,11-12,14-16H,2-6,10,13,17H2,1H3/q-1;+1. The number of nitrogens with zero attached hydrogens (tertiary/aromatic N) is 2. The lowest BCUT2D eigenvalue weighted by Crippen LogP contribution is -2.81. The van der Waals surface area contributed by atoms with Gasteiger partial charge in [-0.3, -0.25) is 9.78 Å². The summed E-state index contributed by atoms with van der Waals surface area (Å²) in [7, 11) is 0. The van der Waals surface area contributed by atoms with Crippen molar-refractivity contribution in [1.29, 1.82) is 0 Å². The van der Waals surface area contributed by atoms with Crippen LogP contribution in [0.25, 0.3) is 0 Å². The van der Waals surface area contributed by atoms with Crippen molar-refractivity contribution in [1.82, 2.24) is 4.98 Å². The molecule has 0 fully saturated rings. The third kappa shape index (κ3) is 9.24. The Hall–Kier alpha value is -6.49. The molecule has 0 aliphatic rings. The Morgan fingerprint density at radius 1 is 0.441 bits per heavy atom. The first kappa shape index (κ1) is 52.5. The largest absolute Gasteiger partial charge is 0.287 e. The lowest BCUT2D eigenvalue weighted by molar-refractivity contribution is -0.691. The number of ketones is 1. The molecule has 0 atom stereocenters. The maximum Gasteiger partial charge on any atom is 0.227 e. The highest BCUT2D eigenvalue weighted by molar-refractivity contribution is 7.20. The molecule has 0 saturated carbocycles. The van der Waals surface area contributed by atoms with Crippen LogP contribution in [0.5, 0.6) is 0 Å². The minimum absolute atomic E-state index is 0.144. The van der Waals surface area contributed by atoms with Crippen molar-refractivity contribution in [3.63, 3.8) is 0 Å². The quantitative estimate of drug-likeness (QED) is 0.0207. The maximum atomic E-state index is 15.4. The highest BCUT2D eigenvalue weighted by Gasteiger charge is 2.52. The number of hydrogen-bond donors (Lipinski definition) is 0. The van der Waals surface area contributed by atoms with Gasteiger partial charge in [0.15, 0.2) is 81.7 Å². The van der Waals surface area contributed by atoms with Gasteiger partial charge >= 0.3 is 0 Å². The molecule has 3 nitrogen and oxygen atoms in total. The molecule has 362 valence electrons. The van der Waals surface area contributed by atoms with E-state index in [2.05, 4.69) is 11.9 Å². The van der Waals surface area contributed by atoms with Gasteiger partial charge in [0.2, 0.25) is 12.3 Å². The third-order valence-corrected chi connectivity index (χ3v) is 10.8. The molecule has 0 saturated heterocycles. The average Bonchev–Trinajstić information content (AvgIpc) is 3.33. The molecule has 0 amide bonds. The summed E-state index contributed by atoms with van der Waals surface area (Å²) in [6.45, 7) is 2.63. The first-order valence-electron chi connectivity index (χ1n) is 19.6. The maximum absolute atomic E-state index is 15.4. The summed E-state index contributed by atoms with van der Waals surface area (Å²) in [6.07, 6.45) is 6.99. The van der Waals surface area contributed by atoms with E-state index >= 15 is 35.1 Å². The van der Waals surface area contributed by atoms with Crippen molar-refractivity contribution in [3.05, 3.63) is 177 Å². The molecule has 6 rings (SSSR count). The third-order valence-electron chi connectivity index (χ3n) is 10.8. The van der Waals surface area contributed by atoms with Gasteiger partial charge in [0.1, 0.15) is 52.7 Å². The first-order valence-corrected chi connectivity index (χ1v) is 19.6. The van der Waals surface area contributed by atoms with Crippen LogP contribution in [0.2, 0.25) is 0 Å². The molecule has 0 bridgehead atoms. The second-order valence-electron chi connectivity index (χ2n) is 14.8. The zero-order valence-corrected chi connectivity index (χ0v) is 34.2. The van der Waals surface area contributed by atoms with Crippen LogP contribution in [0.15, 0.2) is 48.9 Å². The molecule has 0 aliphatic carbocycles. The molecule has 0 N–H and O–H groups in total. The van der Waals surface area contributed by atoms with Gasteiger partial charge in [-0.1, -0.05) is 69.4 Å². The Balaban J connectivity index is 0.000000314. The number of Topliss-reactive ketones (excluding diaryl/α,β-unsaturated/α-hetero) is 1. The predicted octanol–water partition coefficient (Wildman–Crippen LogP) is 10.0. The second kappa shape index (κ2) is 21.2. The van der Waals surface area contributed by atoms with Crippen LogP contribution in [-0.2, 0) is 13.0 Å². The summed E-state index contributed by atoms with van der Waals surface area (Å²) >= 11 is 0. The molecule has 6 aromatic rings. The van der Waals surface area contributed by atoms with E-state index in [1.165, 1.54) is 32.1 Å². The normalized spacial score (nSPS) is 11.5. The van der Waals surface area contributed by atoms with Crippen molar-refractivity contribution in [3.8, 4) is 0 Å². The van der Waals surface area contributed by atoms with Crippen molar-refractivity contribution >= 4 is 33.8 Å². The van der Waals surface area contributed by atoms with Crippen LogP contribution >= 0.6 is 0 Å². The molecular weight excluding hydrogens is 963 g/mol. The lowest BCUT2D eigenvalue weighted by atomic mass is 9.12. The Morgan fingerprint density at radius 3 is 1.09 bits per heavy atom. The van der Waals surface area contributed by atoms with Crippen LogP contribution < -0.4 is 26.4 Å². The molecule has 1 aromatic heterocycles. The minimum Gasteiger partial charge on any atom is -0.287 e. The van der Waals surface area contributed by atoms with Gasteiger partial charge in [-0.25, -0.2) is 87.8 Å². The van der Waals surface area contributed by atoms with Gasteiger partial charge in [-0.15, -0.1) is 21.9 Å². The number of aromatic nitrogens is 2. The van der Waals surface area contributed by atoms with Crippen molar-refractivity contribution in [2.24, 2.45) is 0 Å². The SMILES string of the molecule is CCCCCCCCc1cncc[n+]1CC(=O)c1ccccc1.Fc1c(F)c(F)c([B-](c2c(F)c(F)c(F)c(F)c2F)(c2c(F)c(F)c(F)c(F)c2F)c2c(F)c(F)c(F)c(F)c2F)c(F)c1F. The number of benzene rings is 5. The Kier molecular flexibility index (Phi) is 16.4. The number of hydrogen-bond acceptors (Lipinski definition) is 2. The number of carbonyl (C=O) groups excluding carboxylic acids is 1. The molecule has 1 heterocycles. The lowest BCUT2D eigenvalue weighted by Gasteiger charge is -2.44. The van der Waals surface area contributed by atoms with E-state index in [4.69, 9.17) is 0 Å². The summed E-state index contributed by atoms with van der Waals surface area (Å²) in [5.74, 6) is -71.3. The first-order chi connectivity index (χ1) is 32.0. The fourth-order valence-electron chi connectivity index (χ4n) is 7.61. The number of halogens is 20. The predicted molar refractivity (Wildman–Crippen MR) is 202 cm³/mol.